The van der Waals surface area contributed by atoms with Gasteiger partial charge >= 0.3 is 0 Å². The molecule has 0 spiro atoms. The van der Waals surface area contributed by atoms with E-state index in [0.717, 1.165) is 36.0 Å². The van der Waals surface area contributed by atoms with Gasteiger partial charge in [-0.3, -0.25) is 9.46 Å². The first-order valence-corrected chi connectivity index (χ1v) is 13.9. The van der Waals surface area contributed by atoms with Crippen LogP contribution in [-0.2, 0) is 4.57 Å². The van der Waals surface area contributed by atoms with Crippen molar-refractivity contribution >= 4 is 30.6 Å². The van der Waals surface area contributed by atoms with Gasteiger partial charge in [0.25, 0.3) is 7.44 Å². The standard InChI is InChI=1S/C25H27FN3OPS/c26-24-14-8-7-13-23(24)25(27-17-19-32-20-18-27)31(30)28(21-9-3-1-4-10-21)15-16-29(31)22-11-5-2-6-12-22/h1-14,25H,15-20H2. The smallest absolute Gasteiger partial charge is 0.284 e. The van der Waals surface area contributed by atoms with Crippen LogP contribution in [0.3, 0.4) is 0 Å². The molecular formula is C25H27FN3OPS. The molecule has 32 heavy (non-hydrogen) atoms. The van der Waals surface area contributed by atoms with Gasteiger partial charge in [-0.1, -0.05) is 54.6 Å². The highest BCUT2D eigenvalue weighted by atomic mass is 32.2. The molecule has 2 saturated heterocycles. The molecule has 2 fully saturated rings. The third-order valence-electron chi connectivity index (χ3n) is 6.22. The van der Waals surface area contributed by atoms with Crippen molar-refractivity contribution in [2.24, 2.45) is 0 Å². The molecule has 166 valence electrons. The van der Waals surface area contributed by atoms with Gasteiger partial charge in [-0.15, -0.1) is 0 Å². The van der Waals surface area contributed by atoms with Crippen molar-refractivity contribution in [1.82, 2.24) is 4.90 Å². The molecule has 0 aliphatic carbocycles. The molecule has 0 saturated carbocycles. The van der Waals surface area contributed by atoms with Gasteiger partial charge in [0.05, 0.1) is 0 Å². The normalized spacial score (nSPS) is 19.8. The summed E-state index contributed by atoms with van der Waals surface area (Å²) in [6.07, 6.45) is 0. The summed E-state index contributed by atoms with van der Waals surface area (Å²) >= 11 is 1.90. The Labute approximate surface area is 193 Å². The molecule has 2 aliphatic heterocycles. The molecule has 2 heterocycles. The van der Waals surface area contributed by atoms with Crippen LogP contribution in [0.2, 0.25) is 0 Å². The highest BCUT2D eigenvalue weighted by Gasteiger charge is 2.52. The lowest BCUT2D eigenvalue weighted by atomic mass is 10.2. The second-order valence-corrected chi connectivity index (χ2v) is 11.9. The molecule has 0 radical (unpaired) electrons. The van der Waals surface area contributed by atoms with Crippen LogP contribution in [0, 0.1) is 5.82 Å². The maximum atomic E-state index is 15.5. The van der Waals surface area contributed by atoms with Crippen LogP contribution < -0.4 is 9.34 Å². The van der Waals surface area contributed by atoms with Crippen LogP contribution in [0.5, 0.6) is 0 Å². The van der Waals surface area contributed by atoms with E-state index in [4.69, 9.17) is 0 Å². The zero-order chi connectivity index (χ0) is 22.0. The highest BCUT2D eigenvalue weighted by molar-refractivity contribution is 7.99. The predicted octanol–water partition coefficient (Wildman–Crippen LogP) is 6.09. The monoisotopic (exact) mass is 467 g/mol. The summed E-state index contributed by atoms with van der Waals surface area (Å²) in [7, 11) is -3.32. The topological polar surface area (TPSA) is 26.8 Å². The van der Waals surface area contributed by atoms with Gasteiger partial charge in [0.1, 0.15) is 11.6 Å². The molecule has 0 aromatic heterocycles. The molecule has 0 amide bonds. The maximum Gasteiger partial charge on any atom is 0.284 e. The summed E-state index contributed by atoms with van der Waals surface area (Å²) in [6, 6.07) is 26.7. The summed E-state index contributed by atoms with van der Waals surface area (Å²) in [5, 5.41) is 0. The first-order valence-electron chi connectivity index (χ1n) is 11.0. The van der Waals surface area contributed by atoms with Crippen LogP contribution in [0.1, 0.15) is 11.3 Å². The Kier molecular flexibility index (Phi) is 6.27. The minimum Gasteiger partial charge on any atom is -0.304 e. The van der Waals surface area contributed by atoms with Crippen molar-refractivity contribution in [3.63, 3.8) is 0 Å². The van der Waals surface area contributed by atoms with E-state index in [9.17, 15) is 0 Å². The van der Waals surface area contributed by atoms with Gasteiger partial charge in [0.15, 0.2) is 0 Å². The lowest BCUT2D eigenvalue weighted by molar-refractivity contribution is 0.269. The Bertz CT molecular complexity index is 1040. The number of halogens is 1. The number of benzene rings is 3. The van der Waals surface area contributed by atoms with E-state index in [-0.39, 0.29) is 5.82 Å². The van der Waals surface area contributed by atoms with Gasteiger partial charge in [0, 0.05) is 54.6 Å². The highest BCUT2D eigenvalue weighted by Crippen LogP contribution is 2.70. The molecule has 0 N–H and O–H groups in total. The van der Waals surface area contributed by atoms with Gasteiger partial charge in [-0.2, -0.15) is 11.8 Å². The molecule has 3 aromatic rings. The number of hydrogen-bond donors (Lipinski definition) is 0. The lowest BCUT2D eigenvalue weighted by Crippen LogP contribution is -2.40. The molecule has 3 aromatic carbocycles. The van der Waals surface area contributed by atoms with Gasteiger partial charge in [-0.25, -0.2) is 4.39 Å². The average Bonchev–Trinajstić information content (AvgIpc) is 3.20. The van der Waals surface area contributed by atoms with Gasteiger partial charge in [0.2, 0.25) is 0 Å². The minimum atomic E-state index is -3.32. The number of anilines is 2. The Balaban J connectivity index is 1.71. The van der Waals surface area contributed by atoms with E-state index in [1.165, 1.54) is 6.07 Å². The molecule has 1 atom stereocenters. The van der Waals surface area contributed by atoms with Gasteiger partial charge < -0.3 is 9.34 Å². The van der Waals surface area contributed by atoms with E-state index in [2.05, 4.69) is 4.90 Å². The molecule has 1 unspecified atom stereocenters. The van der Waals surface area contributed by atoms with Crippen molar-refractivity contribution in [2.45, 2.75) is 5.78 Å². The summed E-state index contributed by atoms with van der Waals surface area (Å²) < 4.78 is 34.8. The first-order chi connectivity index (χ1) is 15.7. The number of hydrogen-bond acceptors (Lipinski definition) is 3. The Morgan fingerprint density at radius 3 is 1.75 bits per heavy atom. The van der Waals surface area contributed by atoms with E-state index < -0.39 is 13.2 Å². The second kappa shape index (κ2) is 9.30. The second-order valence-electron chi connectivity index (χ2n) is 8.05. The number of nitrogens with zero attached hydrogens (tertiary/aromatic N) is 3. The van der Waals surface area contributed by atoms with Crippen molar-refractivity contribution in [2.75, 3.05) is 47.0 Å². The molecule has 4 nitrogen and oxygen atoms in total. The summed E-state index contributed by atoms with van der Waals surface area (Å²) in [5.74, 6) is 1.08. The van der Waals surface area contributed by atoms with Crippen LogP contribution in [-0.4, -0.2) is 42.6 Å². The number of rotatable bonds is 5. The largest absolute Gasteiger partial charge is 0.304 e. The van der Waals surface area contributed by atoms with E-state index in [1.54, 1.807) is 6.07 Å². The van der Waals surface area contributed by atoms with Crippen molar-refractivity contribution in [1.29, 1.82) is 0 Å². The zero-order valence-corrected chi connectivity index (χ0v) is 19.6. The minimum absolute atomic E-state index is 0.293. The zero-order valence-electron chi connectivity index (χ0n) is 17.9. The SMILES string of the molecule is O=P1(C(c2ccccc2F)N2CCSCC2)N(c2ccccc2)CCN1c1ccccc1. The average molecular weight is 468 g/mol. The third-order valence-corrected chi connectivity index (χ3v) is 10.6. The fourth-order valence-corrected chi connectivity index (χ4v) is 9.39. The summed E-state index contributed by atoms with van der Waals surface area (Å²) in [6.45, 7) is 2.84. The lowest BCUT2D eigenvalue weighted by Gasteiger charge is -2.44. The number of para-hydroxylation sites is 2. The van der Waals surface area contributed by atoms with E-state index in [0.29, 0.717) is 18.7 Å². The third kappa shape index (κ3) is 3.85. The molecular weight excluding hydrogens is 440 g/mol. The Morgan fingerprint density at radius 1 is 0.719 bits per heavy atom. The fraction of sp³-hybridized carbons (Fsp3) is 0.280. The van der Waals surface area contributed by atoms with Crippen LogP contribution >= 0.6 is 19.2 Å². The number of thioether (sulfide) groups is 1. The first kappa shape index (κ1) is 21.6. The van der Waals surface area contributed by atoms with Crippen molar-refractivity contribution < 1.29 is 8.96 Å². The van der Waals surface area contributed by atoms with E-state index >= 15 is 8.96 Å². The van der Waals surface area contributed by atoms with Crippen LogP contribution in [0.4, 0.5) is 15.8 Å². The van der Waals surface area contributed by atoms with Gasteiger partial charge in [-0.05, 0) is 30.3 Å². The molecule has 7 heteroatoms. The van der Waals surface area contributed by atoms with Crippen LogP contribution in [0.15, 0.2) is 84.9 Å². The molecule has 0 bridgehead atoms. The summed E-state index contributed by atoms with van der Waals surface area (Å²) in [4.78, 5) is 2.24. The van der Waals surface area contributed by atoms with Crippen molar-refractivity contribution in [3.8, 4) is 0 Å². The van der Waals surface area contributed by atoms with Crippen molar-refractivity contribution in [3.05, 3.63) is 96.3 Å². The molecule has 2 aliphatic rings. The quantitative estimate of drug-likeness (QED) is 0.423. The van der Waals surface area contributed by atoms with E-state index in [1.807, 2.05) is 93.9 Å². The summed E-state index contributed by atoms with van der Waals surface area (Å²) in [5.41, 5.74) is 2.36. The Hall–Kier alpha value is -2.27. The maximum absolute atomic E-state index is 15.5. The van der Waals surface area contributed by atoms with Crippen LogP contribution in [0.25, 0.3) is 0 Å². The predicted molar refractivity (Wildman–Crippen MR) is 133 cm³/mol. The fourth-order valence-electron chi connectivity index (χ4n) is 4.76. The Morgan fingerprint density at radius 2 is 1.22 bits per heavy atom. The molecule has 5 rings (SSSR count).